The van der Waals surface area contributed by atoms with Crippen LogP contribution in [0.15, 0.2) is 36.7 Å². The molecule has 33 heavy (non-hydrogen) atoms. The molecule has 6 nitrogen and oxygen atoms in total. The molecule has 0 aliphatic carbocycles. The highest BCUT2D eigenvalue weighted by Gasteiger charge is 2.29. The summed E-state index contributed by atoms with van der Waals surface area (Å²) in [6.45, 7) is 7.13. The van der Waals surface area contributed by atoms with Crippen LogP contribution in [0.1, 0.15) is 44.7 Å². The monoisotopic (exact) mass is 464 g/mol. The molecule has 0 bridgehead atoms. The minimum absolute atomic E-state index is 0.228. The maximum Gasteiger partial charge on any atom is 0.410 e. The Morgan fingerprint density at radius 1 is 1.30 bits per heavy atom. The lowest BCUT2D eigenvalue weighted by Crippen LogP contribution is -2.35. The van der Waals surface area contributed by atoms with Gasteiger partial charge in [-0.15, -0.1) is 0 Å². The summed E-state index contributed by atoms with van der Waals surface area (Å²) in [4.78, 5) is 18.6. The van der Waals surface area contributed by atoms with Crippen LogP contribution in [0, 0.1) is 17.2 Å². The van der Waals surface area contributed by atoms with E-state index >= 15 is 0 Å². The van der Waals surface area contributed by atoms with Crippen molar-refractivity contribution in [2.24, 2.45) is 13.0 Å². The average Bonchev–Trinajstić information content (AvgIpc) is 3.34. The third kappa shape index (κ3) is 4.99. The van der Waals surface area contributed by atoms with Crippen molar-refractivity contribution in [2.75, 3.05) is 13.1 Å². The standard InChI is InChI=1S/C26H29ClN4O2/c1-26(2,3)33-25(32)31-10-9-17(16-31)5-6-18-11-19(15-29-14-18)24-22(13-28)21-8-7-20(27)12-23(21)30(24)4/h7-8,11-12,14-15,17H,5-6,9-10,16H2,1-4H3/t17-/m0/s1. The highest BCUT2D eigenvalue weighted by atomic mass is 35.5. The van der Waals surface area contributed by atoms with E-state index in [0.29, 0.717) is 16.5 Å². The molecule has 1 amide bonds. The predicted molar refractivity (Wildman–Crippen MR) is 130 cm³/mol. The van der Waals surface area contributed by atoms with Gasteiger partial charge in [0.1, 0.15) is 11.7 Å². The van der Waals surface area contributed by atoms with E-state index in [0.717, 1.165) is 60.1 Å². The fourth-order valence-corrected chi connectivity index (χ4v) is 4.71. The molecule has 1 aliphatic heterocycles. The molecule has 4 rings (SSSR count). The summed E-state index contributed by atoms with van der Waals surface area (Å²) in [5.74, 6) is 0.440. The second-order valence-electron chi connectivity index (χ2n) is 9.76. The number of halogens is 1. The third-order valence-corrected chi connectivity index (χ3v) is 6.36. The van der Waals surface area contributed by atoms with Crippen LogP contribution in [0.2, 0.25) is 5.02 Å². The summed E-state index contributed by atoms with van der Waals surface area (Å²) < 4.78 is 7.51. The number of pyridine rings is 1. The van der Waals surface area contributed by atoms with Crippen LogP contribution in [0.5, 0.6) is 0 Å². The second kappa shape index (κ2) is 9.07. The lowest BCUT2D eigenvalue weighted by atomic mass is 9.98. The summed E-state index contributed by atoms with van der Waals surface area (Å²) in [5, 5.41) is 11.4. The van der Waals surface area contributed by atoms with E-state index in [4.69, 9.17) is 16.3 Å². The third-order valence-electron chi connectivity index (χ3n) is 6.12. The predicted octanol–water partition coefficient (Wildman–Crippen LogP) is 5.95. The van der Waals surface area contributed by atoms with Gasteiger partial charge in [0.05, 0.1) is 16.8 Å². The number of aryl methyl sites for hydroxylation is 2. The molecule has 2 aromatic heterocycles. The van der Waals surface area contributed by atoms with Crippen molar-refractivity contribution in [2.45, 2.75) is 45.6 Å². The average molecular weight is 465 g/mol. The van der Waals surface area contributed by atoms with E-state index in [1.54, 1.807) is 6.20 Å². The Labute approximate surface area is 199 Å². The first kappa shape index (κ1) is 23.1. The number of likely N-dealkylation sites (tertiary alicyclic amines) is 1. The topological polar surface area (TPSA) is 71.2 Å². The van der Waals surface area contributed by atoms with Gasteiger partial charge in [0.15, 0.2) is 0 Å². The van der Waals surface area contributed by atoms with E-state index in [1.807, 2.05) is 61.7 Å². The van der Waals surface area contributed by atoms with Crippen LogP contribution in [-0.2, 0) is 18.2 Å². The van der Waals surface area contributed by atoms with E-state index in [1.165, 1.54) is 0 Å². The molecule has 0 N–H and O–H groups in total. The summed E-state index contributed by atoms with van der Waals surface area (Å²) >= 11 is 6.19. The fourth-order valence-electron chi connectivity index (χ4n) is 4.55. The van der Waals surface area contributed by atoms with E-state index in [9.17, 15) is 10.1 Å². The summed E-state index contributed by atoms with van der Waals surface area (Å²) in [6.07, 6.45) is 6.28. The quantitative estimate of drug-likeness (QED) is 0.478. The molecule has 0 spiro atoms. The highest BCUT2D eigenvalue weighted by Crippen LogP contribution is 2.34. The zero-order valence-electron chi connectivity index (χ0n) is 19.6. The van der Waals surface area contributed by atoms with E-state index in [2.05, 4.69) is 17.1 Å². The molecule has 1 saturated heterocycles. The molecule has 172 valence electrons. The highest BCUT2D eigenvalue weighted by molar-refractivity contribution is 6.31. The molecular weight excluding hydrogens is 436 g/mol. The molecule has 3 aromatic rings. The van der Waals surface area contributed by atoms with Gasteiger partial charge >= 0.3 is 6.09 Å². The van der Waals surface area contributed by atoms with Crippen molar-refractivity contribution in [3.8, 4) is 17.3 Å². The Hall–Kier alpha value is -3.04. The van der Waals surface area contributed by atoms with Gasteiger partial charge in [-0.05, 0) is 75.8 Å². The Kier molecular flexibility index (Phi) is 6.36. The number of hydrogen-bond acceptors (Lipinski definition) is 4. The van der Waals surface area contributed by atoms with Crippen molar-refractivity contribution < 1.29 is 9.53 Å². The maximum atomic E-state index is 12.3. The van der Waals surface area contributed by atoms with Crippen LogP contribution < -0.4 is 0 Å². The van der Waals surface area contributed by atoms with Gasteiger partial charge in [-0.3, -0.25) is 4.98 Å². The van der Waals surface area contributed by atoms with Gasteiger partial charge in [-0.25, -0.2) is 4.79 Å². The molecule has 0 saturated carbocycles. The first-order chi connectivity index (χ1) is 15.7. The van der Waals surface area contributed by atoms with Crippen LogP contribution in [0.4, 0.5) is 4.79 Å². The minimum Gasteiger partial charge on any atom is -0.444 e. The number of hydrogen-bond donors (Lipinski definition) is 0. The largest absolute Gasteiger partial charge is 0.444 e. The number of nitriles is 1. The number of ether oxygens (including phenoxy) is 1. The number of amides is 1. The van der Waals surface area contributed by atoms with Crippen molar-refractivity contribution in [3.05, 3.63) is 52.8 Å². The second-order valence-corrected chi connectivity index (χ2v) is 10.2. The normalized spacial score (nSPS) is 16.2. The Balaban J connectivity index is 1.49. The molecule has 0 unspecified atom stereocenters. The van der Waals surface area contributed by atoms with Gasteiger partial charge in [0.25, 0.3) is 0 Å². The van der Waals surface area contributed by atoms with Gasteiger partial charge in [0.2, 0.25) is 0 Å². The minimum atomic E-state index is -0.476. The van der Waals surface area contributed by atoms with Crippen LogP contribution in [0.3, 0.4) is 0 Å². The lowest BCUT2D eigenvalue weighted by Gasteiger charge is -2.24. The Morgan fingerprint density at radius 3 is 2.82 bits per heavy atom. The molecule has 1 aromatic carbocycles. The zero-order valence-corrected chi connectivity index (χ0v) is 20.3. The zero-order chi connectivity index (χ0) is 23.8. The van der Waals surface area contributed by atoms with E-state index in [-0.39, 0.29) is 6.09 Å². The van der Waals surface area contributed by atoms with Crippen LogP contribution >= 0.6 is 11.6 Å². The number of carbonyl (C=O) groups excluding carboxylic acids is 1. The lowest BCUT2D eigenvalue weighted by molar-refractivity contribution is 0.0287. The summed E-state index contributed by atoms with van der Waals surface area (Å²) in [6, 6.07) is 10.1. The molecule has 3 heterocycles. The number of fused-ring (bicyclic) bond motifs is 1. The Bertz CT molecular complexity index is 1240. The number of benzene rings is 1. The molecule has 0 radical (unpaired) electrons. The number of carbonyl (C=O) groups is 1. The smallest absolute Gasteiger partial charge is 0.410 e. The fraction of sp³-hybridized carbons (Fsp3) is 0.423. The first-order valence-electron chi connectivity index (χ1n) is 11.3. The van der Waals surface area contributed by atoms with E-state index < -0.39 is 5.60 Å². The van der Waals surface area contributed by atoms with Crippen molar-refractivity contribution in [1.29, 1.82) is 5.26 Å². The van der Waals surface area contributed by atoms with Crippen molar-refractivity contribution in [1.82, 2.24) is 14.5 Å². The van der Waals surface area contributed by atoms with Crippen LogP contribution in [0.25, 0.3) is 22.2 Å². The number of aromatic nitrogens is 2. The molecule has 7 heteroatoms. The first-order valence-corrected chi connectivity index (χ1v) is 11.6. The number of nitrogens with zero attached hydrogens (tertiary/aromatic N) is 4. The maximum absolute atomic E-state index is 12.3. The van der Waals surface area contributed by atoms with Gasteiger partial charge in [-0.2, -0.15) is 5.26 Å². The molecule has 1 fully saturated rings. The summed E-state index contributed by atoms with van der Waals surface area (Å²) in [5.41, 5.74) is 3.97. The molecule has 1 aliphatic rings. The molecular formula is C26H29ClN4O2. The van der Waals surface area contributed by atoms with Gasteiger partial charge in [-0.1, -0.05) is 11.6 Å². The van der Waals surface area contributed by atoms with Crippen molar-refractivity contribution in [3.63, 3.8) is 0 Å². The van der Waals surface area contributed by atoms with Crippen molar-refractivity contribution >= 4 is 28.6 Å². The van der Waals surface area contributed by atoms with Gasteiger partial charge < -0.3 is 14.2 Å². The Morgan fingerprint density at radius 2 is 2.09 bits per heavy atom. The molecule has 1 atom stereocenters. The SMILES string of the molecule is Cn1c(-c2cncc(CC[C@H]3CCN(C(=O)OC(C)(C)C)C3)c2)c(C#N)c2ccc(Cl)cc21. The van der Waals surface area contributed by atoms with Crippen LogP contribution in [-0.4, -0.2) is 39.2 Å². The number of rotatable bonds is 4. The summed E-state index contributed by atoms with van der Waals surface area (Å²) in [7, 11) is 1.95. The van der Waals surface area contributed by atoms with Gasteiger partial charge in [0, 0.05) is 48.5 Å².